The van der Waals surface area contributed by atoms with Gasteiger partial charge in [-0.3, -0.25) is 9.69 Å². The van der Waals surface area contributed by atoms with Gasteiger partial charge in [-0.2, -0.15) is 0 Å². The lowest BCUT2D eigenvalue weighted by Crippen LogP contribution is -2.40. The molecule has 134 valence electrons. The van der Waals surface area contributed by atoms with Crippen molar-refractivity contribution in [1.82, 2.24) is 4.90 Å². The molecule has 1 aromatic carbocycles. The number of nitrogens with zero attached hydrogens (tertiary/aromatic N) is 2. The first kappa shape index (κ1) is 17.8. The number of furan rings is 2. The number of carbonyl (C=O) groups excluding carboxylic acids is 1. The van der Waals surface area contributed by atoms with Crippen molar-refractivity contribution in [3.8, 4) is 0 Å². The Balaban J connectivity index is 1.74. The molecule has 5 nitrogen and oxygen atoms in total. The summed E-state index contributed by atoms with van der Waals surface area (Å²) in [5.41, 5.74) is 0.855. The van der Waals surface area contributed by atoms with Crippen molar-refractivity contribution in [1.29, 1.82) is 0 Å². The van der Waals surface area contributed by atoms with E-state index in [-0.39, 0.29) is 12.5 Å². The van der Waals surface area contributed by atoms with Crippen LogP contribution < -0.4 is 4.90 Å². The van der Waals surface area contributed by atoms with E-state index in [0.29, 0.717) is 19.6 Å². The molecule has 0 atom stereocenters. The number of benzene rings is 1. The zero-order valence-electron chi connectivity index (χ0n) is 14.6. The Labute approximate surface area is 153 Å². The molecule has 26 heavy (non-hydrogen) atoms. The summed E-state index contributed by atoms with van der Waals surface area (Å²) in [6.45, 7) is 5.52. The molecule has 3 rings (SSSR count). The van der Waals surface area contributed by atoms with Gasteiger partial charge in [-0.05, 0) is 36.4 Å². The van der Waals surface area contributed by atoms with Crippen molar-refractivity contribution in [2.75, 3.05) is 18.0 Å². The van der Waals surface area contributed by atoms with Gasteiger partial charge in [0.2, 0.25) is 5.91 Å². The quantitative estimate of drug-likeness (QED) is 0.545. The fraction of sp³-hybridized carbons (Fsp3) is 0.190. The van der Waals surface area contributed by atoms with Crippen LogP contribution in [-0.2, 0) is 17.9 Å². The summed E-state index contributed by atoms with van der Waals surface area (Å²) in [5, 5.41) is 0. The fourth-order valence-electron chi connectivity index (χ4n) is 2.78. The molecule has 0 aliphatic rings. The molecule has 3 aromatic rings. The van der Waals surface area contributed by atoms with E-state index in [1.165, 1.54) is 0 Å². The number of hydrogen-bond donors (Lipinski definition) is 0. The highest BCUT2D eigenvalue weighted by Gasteiger charge is 2.20. The second-order valence-corrected chi connectivity index (χ2v) is 5.93. The van der Waals surface area contributed by atoms with Crippen LogP contribution in [0.1, 0.15) is 11.5 Å². The molecule has 0 saturated carbocycles. The van der Waals surface area contributed by atoms with E-state index in [4.69, 9.17) is 8.83 Å². The molecular weight excluding hydrogens is 328 g/mol. The Bertz CT molecular complexity index is 759. The van der Waals surface area contributed by atoms with Crippen LogP contribution in [-0.4, -0.2) is 23.9 Å². The average Bonchev–Trinajstić information content (AvgIpc) is 3.34. The van der Waals surface area contributed by atoms with E-state index in [2.05, 4.69) is 6.58 Å². The van der Waals surface area contributed by atoms with Gasteiger partial charge in [-0.15, -0.1) is 6.58 Å². The molecule has 0 bridgehead atoms. The van der Waals surface area contributed by atoms with Gasteiger partial charge in [0.05, 0.1) is 32.2 Å². The van der Waals surface area contributed by atoms with Crippen molar-refractivity contribution in [3.63, 3.8) is 0 Å². The third-order valence-corrected chi connectivity index (χ3v) is 3.96. The van der Waals surface area contributed by atoms with Crippen molar-refractivity contribution in [2.45, 2.75) is 13.1 Å². The summed E-state index contributed by atoms with van der Waals surface area (Å²) < 4.78 is 10.9. The van der Waals surface area contributed by atoms with Gasteiger partial charge < -0.3 is 13.7 Å². The third-order valence-electron chi connectivity index (χ3n) is 3.96. The van der Waals surface area contributed by atoms with Crippen LogP contribution in [0.4, 0.5) is 5.69 Å². The van der Waals surface area contributed by atoms with E-state index >= 15 is 0 Å². The van der Waals surface area contributed by atoms with Crippen LogP contribution in [0, 0.1) is 0 Å². The highest BCUT2D eigenvalue weighted by molar-refractivity contribution is 5.95. The highest BCUT2D eigenvalue weighted by Crippen LogP contribution is 2.16. The van der Waals surface area contributed by atoms with Gasteiger partial charge in [0.15, 0.2) is 0 Å². The highest BCUT2D eigenvalue weighted by atomic mass is 16.3. The van der Waals surface area contributed by atoms with E-state index in [1.807, 2.05) is 59.5 Å². The maximum atomic E-state index is 13.0. The minimum atomic E-state index is -0.00536. The molecule has 0 radical (unpaired) electrons. The Hall–Kier alpha value is -3.05. The minimum absolute atomic E-state index is 0.00536. The van der Waals surface area contributed by atoms with Crippen molar-refractivity contribution >= 4 is 11.6 Å². The Morgan fingerprint density at radius 1 is 0.923 bits per heavy atom. The number of rotatable bonds is 9. The van der Waals surface area contributed by atoms with Gasteiger partial charge in [0, 0.05) is 12.2 Å². The topological polar surface area (TPSA) is 49.8 Å². The summed E-state index contributed by atoms with van der Waals surface area (Å²) >= 11 is 0. The van der Waals surface area contributed by atoms with E-state index < -0.39 is 0 Å². The molecule has 1 amide bonds. The second-order valence-electron chi connectivity index (χ2n) is 5.93. The summed E-state index contributed by atoms with van der Waals surface area (Å²) in [7, 11) is 0. The van der Waals surface area contributed by atoms with E-state index in [0.717, 1.165) is 17.2 Å². The van der Waals surface area contributed by atoms with Gasteiger partial charge in [-0.1, -0.05) is 24.3 Å². The maximum absolute atomic E-state index is 13.0. The largest absolute Gasteiger partial charge is 0.468 e. The predicted octanol–water partition coefficient (Wildman–Crippen LogP) is 4.09. The molecule has 0 aliphatic carbocycles. The molecule has 2 heterocycles. The fourth-order valence-corrected chi connectivity index (χ4v) is 2.78. The number of para-hydroxylation sites is 1. The Morgan fingerprint density at radius 3 is 2.04 bits per heavy atom. The Kier molecular flexibility index (Phi) is 6.06. The first-order valence-electron chi connectivity index (χ1n) is 8.49. The maximum Gasteiger partial charge on any atom is 0.241 e. The molecule has 0 aliphatic heterocycles. The number of hydrogen-bond acceptors (Lipinski definition) is 4. The summed E-state index contributed by atoms with van der Waals surface area (Å²) in [6, 6.07) is 17.1. The molecule has 0 saturated heterocycles. The van der Waals surface area contributed by atoms with Crippen LogP contribution in [0.25, 0.3) is 0 Å². The molecule has 5 heteroatoms. The number of anilines is 1. The predicted molar refractivity (Wildman–Crippen MR) is 101 cm³/mol. The van der Waals surface area contributed by atoms with Gasteiger partial charge in [0.25, 0.3) is 0 Å². The van der Waals surface area contributed by atoms with Gasteiger partial charge in [0.1, 0.15) is 11.5 Å². The van der Waals surface area contributed by atoms with Gasteiger partial charge >= 0.3 is 0 Å². The molecule has 0 fully saturated rings. The SMILES string of the molecule is C=CCN(C(=O)CN(Cc1ccco1)Cc1ccco1)c1ccccc1. The Morgan fingerprint density at radius 2 is 1.54 bits per heavy atom. The molecule has 2 aromatic heterocycles. The summed E-state index contributed by atoms with van der Waals surface area (Å²) in [5.74, 6) is 1.60. The summed E-state index contributed by atoms with van der Waals surface area (Å²) in [4.78, 5) is 16.7. The molecule has 0 unspecified atom stereocenters. The standard InChI is InChI=1S/C21H22N2O3/c1-2-12-23(18-8-4-3-5-9-18)21(24)17-22(15-19-10-6-13-25-19)16-20-11-7-14-26-20/h2-11,13-14H,1,12,15-17H2. The number of amides is 1. The smallest absolute Gasteiger partial charge is 0.241 e. The molecule has 0 spiro atoms. The normalized spacial score (nSPS) is 10.8. The van der Waals surface area contributed by atoms with Crippen molar-refractivity contribution in [3.05, 3.63) is 91.3 Å². The minimum Gasteiger partial charge on any atom is -0.468 e. The lowest BCUT2D eigenvalue weighted by Gasteiger charge is -2.26. The van der Waals surface area contributed by atoms with E-state index in [9.17, 15) is 4.79 Å². The van der Waals surface area contributed by atoms with Crippen molar-refractivity contribution < 1.29 is 13.6 Å². The van der Waals surface area contributed by atoms with Crippen LogP contribution >= 0.6 is 0 Å². The van der Waals surface area contributed by atoms with E-state index in [1.54, 1.807) is 23.5 Å². The van der Waals surface area contributed by atoms with Gasteiger partial charge in [-0.25, -0.2) is 0 Å². The summed E-state index contributed by atoms with van der Waals surface area (Å²) in [6.07, 6.45) is 5.00. The monoisotopic (exact) mass is 350 g/mol. The first-order chi connectivity index (χ1) is 12.8. The molecular formula is C21H22N2O3. The average molecular weight is 350 g/mol. The second kappa shape index (κ2) is 8.87. The first-order valence-corrected chi connectivity index (χ1v) is 8.49. The third kappa shape index (κ3) is 4.74. The lowest BCUT2D eigenvalue weighted by atomic mass is 10.2. The van der Waals surface area contributed by atoms with Crippen LogP contribution in [0.15, 0.2) is 88.6 Å². The van der Waals surface area contributed by atoms with Crippen LogP contribution in [0.2, 0.25) is 0 Å². The van der Waals surface area contributed by atoms with Crippen LogP contribution in [0.5, 0.6) is 0 Å². The zero-order valence-corrected chi connectivity index (χ0v) is 14.6. The lowest BCUT2D eigenvalue weighted by molar-refractivity contribution is -0.120. The molecule has 0 N–H and O–H groups in total. The zero-order chi connectivity index (χ0) is 18.2. The number of carbonyl (C=O) groups is 1. The van der Waals surface area contributed by atoms with Crippen LogP contribution in [0.3, 0.4) is 0 Å². The van der Waals surface area contributed by atoms with Crippen molar-refractivity contribution in [2.24, 2.45) is 0 Å².